The lowest BCUT2D eigenvalue weighted by Crippen LogP contribution is -2.44. The third-order valence-electron chi connectivity index (χ3n) is 6.57. The fraction of sp³-hybridized carbons (Fsp3) is 0.138. The summed E-state index contributed by atoms with van der Waals surface area (Å²) in [4.78, 5) is 14.1. The standard InChI is InChI=1S/C29H24O2/c30-26-20-29(22-14-6-2-7-15-22,23-16-8-3-9-17-23)27(25-19-11-10-18-24(25)26)28(31)21-12-4-1-5-13-21/h1-19,26-27,30H,20H2/t26-,27+/m1/s1. The van der Waals surface area contributed by atoms with Crippen molar-refractivity contribution in [2.75, 3.05) is 0 Å². The second kappa shape index (κ2) is 7.98. The monoisotopic (exact) mass is 404 g/mol. The highest BCUT2D eigenvalue weighted by atomic mass is 16.3. The Bertz CT molecular complexity index is 1140. The van der Waals surface area contributed by atoms with E-state index < -0.39 is 17.4 Å². The van der Waals surface area contributed by atoms with Crippen LogP contribution in [-0.4, -0.2) is 10.9 Å². The van der Waals surface area contributed by atoms with Crippen LogP contribution in [0.15, 0.2) is 115 Å². The molecule has 2 heteroatoms. The molecule has 0 unspecified atom stereocenters. The Morgan fingerprint density at radius 1 is 0.645 bits per heavy atom. The summed E-state index contributed by atoms with van der Waals surface area (Å²) in [7, 11) is 0. The Morgan fingerprint density at radius 3 is 1.65 bits per heavy atom. The van der Waals surface area contributed by atoms with Gasteiger partial charge in [0.1, 0.15) is 0 Å². The summed E-state index contributed by atoms with van der Waals surface area (Å²) >= 11 is 0. The molecular weight excluding hydrogens is 380 g/mol. The van der Waals surface area contributed by atoms with Gasteiger partial charge in [0, 0.05) is 11.0 Å². The first-order valence-corrected chi connectivity index (χ1v) is 10.7. The average Bonchev–Trinajstić information content (AvgIpc) is 2.85. The Hall–Kier alpha value is -3.49. The highest BCUT2D eigenvalue weighted by Gasteiger charge is 2.51. The second-order valence-electron chi connectivity index (χ2n) is 8.22. The molecule has 152 valence electrons. The first kappa shape index (κ1) is 19.5. The third kappa shape index (κ3) is 3.20. The molecule has 2 nitrogen and oxygen atoms in total. The Balaban J connectivity index is 1.84. The van der Waals surface area contributed by atoms with Crippen LogP contribution in [0.3, 0.4) is 0 Å². The summed E-state index contributed by atoms with van der Waals surface area (Å²) in [6, 6.07) is 37.7. The molecule has 0 aromatic heterocycles. The fourth-order valence-corrected chi connectivity index (χ4v) is 5.22. The molecule has 4 aromatic carbocycles. The van der Waals surface area contributed by atoms with E-state index in [0.717, 1.165) is 22.3 Å². The molecule has 0 saturated heterocycles. The van der Waals surface area contributed by atoms with Crippen molar-refractivity contribution in [2.24, 2.45) is 0 Å². The SMILES string of the molecule is O=C(c1ccccc1)[C@@H]1c2ccccc2[C@H](O)CC1(c1ccccc1)c1ccccc1. The van der Waals surface area contributed by atoms with Crippen LogP contribution >= 0.6 is 0 Å². The lowest BCUT2D eigenvalue weighted by Gasteiger charge is -2.47. The molecule has 0 bridgehead atoms. The van der Waals surface area contributed by atoms with E-state index >= 15 is 0 Å². The molecule has 0 amide bonds. The summed E-state index contributed by atoms with van der Waals surface area (Å²) in [5.41, 5.74) is 3.86. The minimum Gasteiger partial charge on any atom is -0.388 e. The van der Waals surface area contributed by atoms with Gasteiger partial charge in [-0.25, -0.2) is 0 Å². The van der Waals surface area contributed by atoms with E-state index in [1.807, 2.05) is 91.0 Å². The number of aliphatic hydroxyl groups excluding tert-OH is 1. The summed E-state index contributed by atoms with van der Waals surface area (Å²) in [6.45, 7) is 0. The molecule has 0 heterocycles. The topological polar surface area (TPSA) is 37.3 Å². The van der Waals surface area contributed by atoms with E-state index in [1.165, 1.54) is 0 Å². The number of carbonyl (C=O) groups is 1. The lowest BCUT2D eigenvalue weighted by atomic mass is 9.55. The van der Waals surface area contributed by atoms with Crippen LogP contribution in [0.4, 0.5) is 0 Å². The lowest BCUT2D eigenvalue weighted by molar-refractivity contribution is 0.0818. The van der Waals surface area contributed by atoms with E-state index in [-0.39, 0.29) is 5.78 Å². The van der Waals surface area contributed by atoms with Gasteiger partial charge in [-0.3, -0.25) is 4.79 Å². The van der Waals surface area contributed by atoms with Gasteiger partial charge in [0.25, 0.3) is 0 Å². The van der Waals surface area contributed by atoms with Crippen molar-refractivity contribution in [1.82, 2.24) is 0 Å². The molecule has 5 rings (SSSR count). The molecule has 1 aliphatic rings. The molecular formula is C29H24O2. The van der Waals surface area contributed by atoms with Crippen molar-refractivity contribution in [1.29, 1.82) is 0 Å². The number of fused-ring (bicyclic) bond motifs is 1. The molecule has 4 aromatic rings. The number of ketones is 1. The van der Waals surface area contributed by atoms with Crippen LogP contribution in [0.2, 0.25) is 0 Å². The molecule has 0 aliphatic heterocycles. The maximum absolute atomic E-state index is 14.1. The summed E-state index contributed by atoms with van der Waals surface area (Å²) < 4.78 is 0. The number of hydrogen-bond donors (Lipinski definition) is 1. The first-order chi connectivity index (χ1) is 15.2. The van der Waals surface area contributed by atoms with Crippen LogP contribution in [0.1, 0.15) is 51.1 Å². The zero-order chi connectivity index (χ0) is 21.3. The number of Topliss-reactive ketones (excluding diaryl/α,β-unsaturated/α-hetero) is 1. The van der Waals surface area contributed by atoms with Crippen molar-refractivity contribution in [3.63, 3.8) is 0 Å². The first-order valence-electron chi connectivity index (χ1n) is 10.7. The van der Waals surface area contributed by atoms with Crippen molar-refractivity contribution in [2.45, 2.75) is 23.9 Å². The normalized spacial score (nSPS) is 19.4. The third-order valence-corrected chi connectivity index (χ3v) is 6.57. The van der Waals surface area contributed by atoms with Crippen LogP contribution < -0.4 is 0 Å². The van der Waals surface area contributed by atoms with E-state index in [4.69, 9.17) is 0 Å². The van der Waals surface area contributed by atoms with Crippen LogP contribution in [0.5, 0.6) is 0 Å². The predicted octanol–water partition coefficient (Wildman–Crippen LogP) is 6.08. The average molecular weight is 405 g/mol. The van der Waals surface area contributed by atoms with E-state index in [9.17, 15) is 9.90 Å². The Labute approximate surface area is 182 Å². The number of benzene rings is 4. The minimum absolute atomic E-state index is 0.0765. The van der Waals surface area contributed by atoms with Crippen molar-refractivity contribution < 1.29 is 9.90 Å². The van der Waals surface area contributed by atoms with Gasteiger partial charge in [-0.1, -0.05) is 115 Å². The van der Waals surface area contributed by atoms with Gasteiger partial charge in [0.15, 0.2) is 5.78 Å². The maximum atomic E-state index is 14.1. The molecule has 1 aliphatic carbocycles. The molecule has 0 radical (unpaired) electrons. The molecule has 2 atom stereocenters. The number of rotatable bonds is 4. The van der Waals surface area contributed by atoms with Gasteiger partial charge in [-0.2, -0.15) is 0 Å². The molecule has 0 saturated carbocycles. The van der Waals surface area contributed by atoms with Gasteiger partial charge in [-0.05, 0) is 28.7 Å². The maximum Gasteiger partial charge on any atom is 0.171 e. The zero-order valence-electron chi connectivity index (χ0n) is 17.2. The number of carbonyl (C=O) groups excluding carboxylic acids is 1. The van der Waals surface area contributed by atoms with E-state index in [1.54, 1.807) is 0 Å². The molecule has 1 N–H and O–H groups in total. The van der Waals surface area contributed by atoms with E-state index in [2.05, 4.69) is 24.3 Å². The fourth-order valence-electron chi connectivity index (χ4n) is 5.22. The molecule has 0 spiro atoms. The second-order valence-corrected chi connectivity index (χ2v) is 8.22. The summed E-state index contributed by atoms with van der Waals surface area (Å²) in [5.74, 6) is -0.369. The van der Waals surface area contributed by atoms with Crippen molar-refractivity contribution in [3.05, 3.63) is 143 Å². The van der Waals surface area contributed by atoms with Gasteiger partial charge in [0.05, 0.1) is 12.0 Å². The van der Waals surface area contributed by atoms with Crippen molar-refractivity contribution >= 4 is 5.78 Å². The highest BCUT2D eigenvalue weighted by Crippen LogP contribution is 2.55. The quantitative estimate of drug-likeness (QED) is 0.419. The van der Waals surface area contributed by atoms with Gasteiger partial charge in [-0.15, -0.1) is 0 Å². The largest absolute Gasteiger partial charge is 0.388 e. The summed E-state index contributed by atoms with van der Waals surface area (Å²) in [6.07, 6.45) is -0.210. The van der Waals surface area contributed by atoms with Crippen LogP contribution in [0.25, 0.3) is 0 Å². The van der Waals surface area contributed by atoms with Crippen LogP contribution in [-0.2, 0) is 5.41 Å². The Kier molecular flexibility index (Phi) is 5.01. The highest BCUT2D eigenvalue weighted by molar-refractivity contribution is 6.03. The Morgan fingerprint density at radius 2 is 1.10 bits per heavy atom. The molecule has 31 heavy (non-hydrogen) atoms. The van der Waals surface area contributed by atoms with Crippen molar-refractivity contribution in [3.8, 4) is 0 Å². The predicted molar refractivity (Wildman–Crippen MR) is 123 cm³/mol. The number of aliphatic hydroxyl groups is 1. The van der Waals surface area contributed by atoms with Crippen LogP contribution in [0, 0.1) is 0 Å². The van der Waals surface area contributed by atoms with Gasteiger partial charge >= 0.3 is 0 Å². The van der Waals surface area contributed by atoms with E-state index in [0.29, 0.717) is 12.0 Å². The number of hydrogen-bond acceptors (Lipinski definition) is 2. The smallest absolute Gasteiger partial charge is 0.171 e. The molecule has 0 fully saturated rings. The minimum atomic E-state index is -0.677. The zero-order valence-corrected chi connectivity index (χ0v) is 17.2. The van der Waals surface area contributed by atoms with Gasteiger partial charge < -0.3 is 5.11 Å². The van der Waals surface area contributed by atoms with Gasteiger partial charge in [0.2, 0.25) is 0 Å². The summed E-state index contributed by atoms with van der Waals surface area (Å²) in [5, 5.41) is 11.3.